The predicted molar refractivity (Wildman–Crippen MR) is 158 cm³/mol. The minimum atomic E-state index is -0.0614. The lowest BCUT2D eigenvalue weighted by Crippen LogP contribution is -2.41. The number of benzene rings is 2. The summed E-state index contributed by atoms with van der Waals surface area (Å²) < 4.78 is 7.19. The Labute approximate surface area is 244 Å². The lowest BCUT2D eigenvalue weighted by atomic mass is 10.1. The van der Waals surface area contributed by atoms with Gasteiger partial charge < -0.3 is 9.64 Å². The zero-order chi connectivity index (χ0) is 28.8. The number of hydrogen-bond acceptors (Lipinski definition) is 7. The summed E-state index contributed by atoms with van der Waals surface area (Å²) in [5.41, 5.74) is 2.73. The topological polar surface area (TPSA) is 101 Å². The number of halogens is 1. The molecule has 1 aliphatic rings. The number of methoxy groups -OCH3 is 1. The summed E-state index contributed by atoms with van der Waals surface area (Å²) >= 11 is 6.48. The van der Waals surface area contributed by atoms with Crippen LogP contribution in [-0.2, 0) is 6.54 Å². The van der Waals surface area contributed by atoms with Crippen LogP contribution in [0, 0.1) is 0 Å². The second-order valence-electron chi connectivity index (χ2n) is 10.1. The van der Waals surface area contributed by atoms with Gasteiger partial charge in [-0.25, -0.2) is 9.67 Å². The monoisotopic (exact) mass is 572 g/mol. The number of aromatic nitrogens is 4. The van der Waals surface area contributed by atoms with E-state index in [0.717, 1.165) is 36.8 Å². The van der Waals surface area contributed by atoms with Crippen LogP contribution in [-0.4, -0.2) is 69.4 Å². The minimum Gasteiger partial charge on any atom is -0.495 e. The lowest BCUT2D eigenvalue weighted by Gasteiger charge is -2.29. The second-order valence-corrected chi connectivity index (χ2v) is 10.5. The molecule has 41 heavy (non-hydrogen) atoms. The predicted octanol–water partition coefficient (Wildman–Crippen LogP) is 6.31. The van der Waals surface area contributed by atoms with Crippen molar-refractivity contribution < 1.29 is 9.53 Å². The van der Waals surface area contributed by atoms with Crippen molar-refractivity contribution >= 4 is 23.2 Å². The van der Waals surface area contributed by atoms with Crippen molar-refractivity contribution in [2.24, 2.45) is 10.3 Å². The normalized spacial score (nSPS) is 13.6. The quantitative estimate of drug-likeness (QED) is 0.163. The SMILES string of the molecule is COc1ccc(-c2nc(-c3ccncc3)nn2CCN(C(=O)c2ccccc2/N=N/N(C)C)C2CCCC2)cc1Cl. The molecule has 0 bridgehead atoms. The summed E-state index contributed by atoms with van der Waals surface area (Å²) in [7, 11) is 5.18. The van der Waals surface area contributed by atoms with E-state index in [0.29, 0.717) is 46.8 Å². The maximum Gasteiger partial charge on any atom is 0.256 e. The first-order chi connectivity index (χ1) is 19.9. The molecule has 0 atom stereocenters. The lowest BCUT2D eigenvalue weighted by molar-refractivity contribution is 0.0672. The molecule has 5 rings (SSSR count). The van der Waals surface area contributed by atoms with Gasteiger partial charge in [0, 0.05) is 50.2 Å². The Bertz CT molecular complexity index is 1520. The Morgan fingerprint density at radius 3 is 2.54 bits per heavy atom. The average Bonchev–Trinajstić information content (AvgIpc) is 3.68. The highest BCUT2D eigenvalue weighted by atomic mass is 35.5. The zero-order valence-electron chi connectivity index (χ0n) is 23.4. The first-order valence-corrected chi connectivity index (χ1v) is 14.0. The van der Waals surface area contributed by atoms with Gasteiger partial charge in [0.05, 0.1) is 24.2 Å². The summed E-state index contributed by atoms with van der Waals surface area (Å²) in [4.78, 5) is 25.0. The van der Waals surface area contributed by atoms with Gasteiger partial charge in [-0.2, -0.15) is 5.10 Å². The molecule has 1 amide bonds. The highest BCUT2D eigenvalue weighted by molar-refractivity contribution is 6.32. The third-order valence-electron chi connectivity index (χ3n) is 7.07. The molecule has 2 aromatic carbocycles. The fourth-order valence-electron chi connectivity index (χ4n) is 5.04. The average molecular weight is 573 g/mol. The van der Waals surface area contributed by atoms with Gasteiger partial charge in [-0.05, 0) is 55.3 Å². The van der Waals surface area contributed by atoms with E-state index in [1.54, 1.807) is 38.6 Å². The third-order valence-corrected chi connectivity index (χ3v) is 7.36. The molecule has 212 valence electrons. The summed E-state index contributed by atoms with van der Waals surface area (Å²) in [6.45, 7) is 0.902. The third kappa shape index (κ3) is 6.54. The van der Waals surface area contributed by atoms with Gasteiger partial charge >= 0.3 is 0 Å². The highest BCUT2D eigenvalue weighted by Gasteiger charge is 2.29. The number of rotatable bonds is 10. The summed E-state index contributed by atoms with van der Waals surface area (Å²) in [6.07, 6.45) is 7.56. The van der Waals surface area contributed by atoms with Crippen LogP contribution in [0.2, 0.25) is 5.02 Å². The van der Waals surface area contributed by atoms with Crippen molar-refractivity contribution in [3.05, 3.63) is 77.6 Å². The summed E-state index contributed by atoms with van der Waals surface area (Å²) in [5.74, 6) is 1.75. The van der Waals surface area contributed by atoms with Crippen LogP contribution in [0.15, 0.2) is 77.3 Å². The van der Waals surface area contributed by atoms with Crippen molar-refractivity contribution in [2.45, 2.75) is 38.3 Å². The van der Waals surface area contributed by atoms with E-state index >= 15 is 0 Å². The molecule has 0 spiro atoms. The molecule has 4 aromatic rings. The molecule has 11 heteroatoms. The van der Waals surface area contributed by atoms with Gasteiger partial charge in [-0.15, -0.1) is 5.11 Å². The van der Waals surface area contributed by atoms with Gasteiger partial charge in [0.25, 0.3) is 5.91 Å². The van der Waals surface area contributed by atoms with Gasteiger partial charge in [0.15, 0.2) is 11.6 Å². The van der Waals surface area contributed by atoms with Crippen molar-refractivity contribution in [2.75, 3.05) is 27.7 Å². The van der Waals surface area contributed by atoms with E-state index in [4.69, 9.17) is 26.4 Å². The van der Waals surface area contributed by atoms with Crippen molar-refractivity contribution in [3.63, 3.8) is 0 Å². The van der Waals surface area contributed by atoms with E-state index in [2.05, 4.69) is 15.3 Å². The number of carbonyl (C=O) groups is 1. The van der Waals surface area contributed by atoms with E-state index in [1.165, 1.54) is 0 Å². The molecular formula is C30H33ClN8O2. The number of amides is 1. The number of pyridine rings is 1. The van der Waals surface area contributed by atoms with Crippen LogP contribution in [0.4, 0.5) is 5.69 Å². The van der Waals surface area contributed by atoms with Crippen LogP contribution in [0.25, 0.3) is 22.8 Å². The smallest absolute Gasteiger partial charge is 0.256 e. The molecule has 0 unspecified atom stereocenters. The second kappa shape index (κ2) is 12.9. The highest BCUT2D eigenvalue weighted by Crippen LogP contribution is 2.32. The van der Waals surface area contributed by atoms with E-state index in [1.807, 2.05) is 64.2 Å². The Kier molecular flexibility index (Phi) is 8.88. The van der Waals surface area contributed by atoms with Gasteiger partial charge in [-0.1, -0.05) is 41.8 Å². The largest absolute Gasteiger partial charge is 0.495 e. The first-order valence-electron chi connectivity index (χ1n) is 13.6. The van der Waals surface area contributed by atoms with Gasteiger partial charge in [0.2, 0.25) is 0 Å². The molecule has 0 N–H and O–H groups in total. The van der Waals surface area contributed by atoms with Crippen molar-refractivity contribution in [3.8, 4) is 28.5 Å². The minimum absolute atomic E-state index is 0.0614. The first kappa shape index (κ1) is 28.2. The Balaban J connectivity index is 1.49. The van der Waals surface area contributed by atoms with E-state index in [-0.39, 0.29) is 11.9 Å². The number of ether oxygens (including phenoxy) is 1. The Hall–Kier alpha value is -4.31. The molecule has 0 saturated heterocycles. The van der Waals surface area contributed by atoms with Gasteiger partial charge in [-0.3, -0.25) is 14.8 Å². The molecule has 1 saturated carbocycles. The van der Waals surface area contributed by atoms with Crippen LogP contribution in [0.1, 0.15) is 36.0 Å². The fourth-order valence-corrected chi connectivity index (χ4v) is 5.30. The van der Waals surface area contributed by atoms with Crippen molar-refractivity contribution in [1.82, 2.24) is 29.7 Å². The fraction of sp³-hybridized carbons (Fsp3) is 0.333. The number of hydrogen-bond donors (Lipinski definition) is 0. The maximum absolute atomic E-state index is 14.0. The molecule has 0 aliphatic heterocycles. The number of carbonyl (C=O) groups excluding carboxylic acids is 1. The molecule has 0 radical (unpaired) electrons. The van der Waals surface area contributed by atoms with Crippen LogP contribution in [0.3, 0.4) is 0 Å². The summed E-state index contributed by atoms with van der Waals surface area (Å²) in [5, 5.41) is 15.4. The van der Waals surface area contributed by atoms with Crippen LogP contribution >= 0.6 is 11.6 Å². The Morgan fingerprint density at radius 2 is 1.83 bits per heavy atom. The molecule has 1 fully saturated rings. The molecule has 1 aliphatic carbocycles. The number of nitrogens with zero attached hydrogens (tertiary/aromatic N) is 8. The Morgan fingerprint density at radius 1 is 1.07 bits per heavy atom. The zero-order valence-corrected chi connectivity index (χ0v) is 24.2. The molecular weight excluding hydrogens is 540 g/mol. The molecule has 2 heterocycles. The van der Waals surface area contributed by atoms with Crippen LogP contribution < -0.4 is 4.74 Å². The molecule has 2 aromatic heterocycles. The van der Waals surface area contributed by atoms with E-state index in [9.17, 15) is 4.79 Å². The maximum atomic E-state index is 14.0. The van der Waals surface area contributed by atoms with Gasteiger partial charge in [0.1, 0.15) is 11.4 Å². The molecule has 10 nitrogen and oxygen atoms in total. The standard InChI is InChI=1S/C30H33ClN8O2/c1-37(2)36-34-26-11-7-6-10-24(26)30(40)38(23-8-4-5-9-23)18-19-39-29(22-12-13-27(41-3)25(31)20-22)33-28(35-39)21-14-16-32-17-15-21/h6-7,10-17,20,23H,4-5,8-9,18-19H2,1-3H3/b36-34+. The van der Waals surface area contributed by atoms with Crippen LogP contribution in [0.5, 0.6) is 5.75 Å². The van der Waals surface area contributed by atoms with Crippen molar-refractivity contribution in [1.29, 1.82) is 0 Å². The van der Waals surface area contributed by atoms with E-state index < -0.39 is 0 Å². The summed E-state index contributed by atoms with van der Waals surface area (Å²) in [6, 6.07) is 16.8.